The zero-order chi connectivity index (χ0) is 13.1. The van der Waals surface area contributed by atoms with Crippen molar-refractivity contribution in [3.63, 3.8) is 0 Å². The summed E-state index contributed by atoms with van der Waals surface area (Å²) in [7, 11) is 0. The molecule has 0 aliphatic rings. The summed E-state index contributed by atoms with van der Waals surface area (Å²) in [5, 5.41) is 1.93. The molecule has 0 saturated carbocycles. The van der Waals surface area contributed by atoms with E-state index in [1.54, 1.807) is 0 Å². The first-order chi connectivity index (χ1) is 7.83. The number of ether oxygens (including phenoxy) is 1. The molecule has 1 amide bonds. The van der Waals surface area contributed by atoms with Crippen LogP contribution in [0.2, 0.25) is 0 Å². The van der Waals surface area contributed by atoms with Crippen LogP contribution < -0.4 is 10.5 Å². The van der Waals surface area contributed by atoms with Gasteiger partial charge in [0.05, 0.1) is 16.4 Å². The van der Waals surface area contributed by atoms with E-state index in [1.165, 1.54) is 0 Å². The molecular weight excluding hydrogens is 257 g/mol. The number of isothiocyanates is 1. The number of aliphatic imine (C=N–C) groups is 1. The first-order valence-corrected chi connectivity index (χ1v) is 4.52. The molecule has 1 rings (SSSR count). The fourth-order valence-electron chi connectivity index (χ4n) is 1.06. The van der Waals surface area contributed by atoms with Gasteiger partial charge in [0, 0.05) is 6.07 Å². The lowest BCUT2D eigenvalue weighted by Gasteiger charge is -2.09. The topological polar surface area (TPSA) is 64.7 Å². The lowest BCUT2D eigenvalue weighted by Crippen LogP contribution is -2.17. The highest BCUT2D eigenvalue weighted by molar-refractivity contribution is 7.78. The minimum absolute atomic E-state index is 0.0723. The van der Waals surface area contributed by atoms with Crippen molar-refractivity contribution in [1.29, 1.82) is 0 Å². The number of rotatable bonds is 3. The van der Waals surface area contributed by atoms with Crippen LogP contribution in [0.3, 0.4) is 0 Å². The van der Waals surface area contributed by atoms with E-state index in [-0.39, 0.29) is 11.3 Å². The molecule has 0 radical (unpaired) electrons. The summed E-state index contributed by atoms with van der Waals surface area (Å²) < 4.78 is 39.5. The van der Waals surface area contributed by atoms with E-state index in [0.29, 0.717) is 0 Å². The molecule has 0 heterocycles. The Bertz CT molecular complexity index is 496. The maximum absolute atomic E-state index is 11.9. The van der Waals surface area contributed by atoms with Crippen LogP contribution in [0.5, 0.6) is 5.75 Å². The molecule has 0 fully saturated rings. The Morgan fingerprint density at radius 3 is 2.59 bits per heavy atom. The fourth-order valence-corrected chi connectivity index (χ4v) is 1.16. The van der Waals surface area contributed by atoms with Gasteiger partial charge in [-0.3, -0.25) is 4.79 Å². The second-order valence-corrected chi connectivity index (χ2v) is 2.98. The number of nitrogens with two attached hydrogens (primary N) is 1. The van der Waals surface area contributed by atoms with Gasteiger partial charge in [0.1, 0.15) is 5.75 Å². The predicted octanol–water partition coefficient (Wildman–Crippen LogP) is 2.42. The van der Waals surface area contributed by atoms with Crippen molar-refractivity contribution < 1.29 is 22.7 Å². The summed E-state index contributed by atoms with van der Waals surface area (Å²) in [6.45, 7) is 0. The minimum Gasteiger partial charge on any atom is -0.406 e. The molecule has 0 unspecified atom stereocenters. The first-order valence-electron chi connectivity index (χ1n) is 4.11. The number of nitrogens with zero attached hydrogens (tertiary/aromatic N) is 1. The van der Waals surface area contributed by atoms with Crippen molar-refractivity contribution in [3.8, 4) is 5.75 Å². The summed E-state index contributed by atoms with van der Waals surface area (Å²) in [5.74, 6) is -1.36. The molecular formula is C9H5F3N2O2S. The van der Waals surface area contributed by atoms with Gasteiger partial charge in [-0.15, -0.1) is 13.2 Å². The summed E-state index contributed by atoms with van der Waals surface area (Å²) in [5.41, 5.74) is 4.80. The van der Waals surface area contributed by atoms with Gasteiger partial charge in [-0.2, -0.15) is 4.99 Å². The summed E-state index contributed by atoms with van der Waals surface area (Å²) in [6.07, 6.45) is -4.83. The zero-order valence-electron chi connectivity index (χ0n) is 8.12. The molecule has 1 aromatic carbocycles. The molecule has 0 aliphatic carbocycles. The van der Waals surface area contributed by atoms with Crippen LogP contribution in [0.1, 0.15) is 10.4 Å². The van der Waals surface area contributed by atoms with Gasteiger partial charge in [-0.1, -0.05) is 0 Å². The molecule has 2 N–H and O–H groups in total. The molecule has 0 spiro atoms. The molecule has 0 bridgehead atoms. The van der Waals surface area contributed by atoms with Crippen LogP contribution >= 0.6 is 12.2 Å². The Labute approximate surface area is 98.9 Å². The van der Waals surface area contributed by atoms with E-state index in [9.17, 15) is 18.0 Å². The summed E-state index contributed by atoms with van der Waals surface area (Å²) >= 11 is 4.30. The smallest absolute Gasteiger partial charge is 0.406 e. The Balaban J connectivity index is 3.18. The highest BCUT2D eigenvalue weighted by Gasteiger charge is 2.31. The molecule has 0 atom stereocenters. The monoisotopic (exact) mass is 262 g/mol. The Morgan fingerprint density at radius 1 is 1.47 bits per heavy atom. The number of benzene rings is 1. The fraction of sp³-hybridized carbons (Fsp3) is 0.111. The van der Waals surface area contributed by atoms with Gasteiger partial charge in [0.15, 0.2) is 0 Å². The van der Waals surface area contributed by atoms with E-state index in [0.717, 1.165) is 18.2 Å². The van der Waals surface area contributed by atoms with Crippen LogP contribution in [0.15, 0.2) is 23.2 Å². The molecule has 4 nitrogen and oxygen atoms in total. The number of hydrogen-bond donors (Lipinski definition) is 1. The third-order valence-electron chi connectivity index (χ3n) is 1.63. The van der Waals surface area contributed by atoms with Crippen LogP contribution in [0.4, 0.5) is 18.9 Å². The van der Waals surface area contributed by atoms with Gasteiger partial charge < -0.3 is 10.5 Å². The summed E-state index contributed by atoms with van der Waals surface area (Å²) in [6, 6.07) is 2.91. The Hall–Kier alpha value is -1.92. The van der Waals surface area contributed by atoms with Gasteiger partial charge in [0.25, 0.3) is 5.91 Å². The SMILES string of the molecule is NC(=O)c1ccc(OC(F)(F)F)cc1N=C=S. The van der Waals surface area contributed by atoms with Crippen molar-refractivity contribution in [1.82, 2.24) is 0 Å². The van der Waals surface area contributed by atoms with Crippen molar-refractivity contribution in [3.05, 3.63) is 23.8 Å². The van der Waals surface area contributed by atoms with Gasteiger partial charge in [-0.25, -0.2) is 0 Å². The largest absolute Gasteiger partial charge is 0.573 e. The number of carbonyl (C=O) groups is 1. The van der Waals surface area contributed by atoms with Crippen LogP contribution in [-0.4, -0.2) is 17.4 Å². The third-order valence-corrected chi connectivity index (χ3v) is 1.73. The van der Waals surface area contributed by atoms with Crippen molar-refractivity contribution >= 4 is 29.0 Å². The van der Waals surface area contributed by atoms with Crippen molar-refractivity contribution in [2.24, 2.45) is 10.7 Å². The predicted molar refractivity (Wildman–Crippen MR) is 56.3 cm³/mol. The average molecular weight is 262 g/mol. The van der Waals surface area contributed by atoms with Crippen LogP contribution in [-0.2, 0) is 0 Å². The van der Waals surface area contributed by atoms with E-state index in [4.69, 9.17) is 5.73 Å². The number of carbonyl (C=O) groups excluding carboxylic acids is 1. The number of primary amides is 1. The molecule has 1 aromatic rings. The Morgan fingerprint density at radius 2 is 2.12 bits per heavy atom. The van der Waals surface area contributed by atoms with E-state index in [1.807, 2.05) is 5.16 Å². The normalized spacial score (nSPS) is 10.5. The number of halogens is 3. The van der Waals surface area contributed by atoms with E-state index >= 15 is 0 Å². The molecule has 0 aromatic heterocycles. The van der Waals surface area contributed by atoms with Crippen LogP contribution in [0, 0.1) is 0 Å². The third kappa shape index (κ3) is 3.86. The van der Waals surface area contributed by atoms with Gasteiger partial charge >= 0.3 is 6.36 Å². The maximum Gasteiger partial charge on any atom is 0.573 e. The van der Waals surface area contributed by atoms with Gasteiger partial charge in [-0.05, 0) is 24.4 Å². The number of thiocarbonyl (C=S) groups is 1. The lowest BCUT2D eigenvalue weighted by molar-refractivity contribution is -0.274. The van der Waals surface area contributed by atoms with Crippen molar-refractivity contribution in [2.45, 2.75) is 6.36 Å². The molecule has 90 valence electrons. The number of hydrogen-bond acceptors (Lipinski definition) is 4. The quantitative estimate of drug-likeness (QED) is 0.672. The second kappa shape index (κ2) is 4.94. The van der Waals surface area contributed by atoms with Crippen molar-refractivity contribution in [2.75, 3.05) is 0 Å². The Kier molecular flexibility index (Phi) is 3.82. The second-order valence-electron chi connectivity index (χ2n) is 2.79. The average Bonchev–Trinajstić information content (AvgIpc) is 2.15. The standard InChI is InChI=1S/C9H5F3N2O2S/c10-9(11,12)16-5-1-2-6(8(13)15)7(3-5)14-4-17/h1-3H,(H2,13,15). The molecule has 0 aliphatic heterocycles. The summed E-state index contributed by atoms with van der Waals surface area (Å²) in [4.78, 5) is 14.4. The molecule has 8 heteroatoms. The molecule has 0 saturated heterocycles. The zero-order valence-corrected chi connectivity index (χ0v) is 8.93. The lowest BCUT2D eigenvalue weighted by atomic mass is 10.1. The molecule has 17 heavy (non-hydrogen) atoms. The highest BCUT2D eigenvalue weighted by atomic mass is 32.1. The van der Waals surface area contributed by atoms with E-state index in [2.05, 4.69) is 21.9 Å². The van der Waals surface area contributed by atoms with E-state index < -0.39 is 18.0 Å². The number of amides is 1. The van der Waals surface area contributed by atoms with Crippen LogP contribution in [0.25, 0.3) is 0 Å². The minimum atomic E-state index is -4.83. The number of alkyl halides is 3. The maximum atomic E-state index is 11.9. The highest BCUT2D eigenvalue weighted by Crippen LogP contribution is 2.28. The first kappa shape index (κ1) is 13.1. The van der Waals surface area contributed by atoms with Gasteiger partial charge in [0.2, 0.25) is 0 Å².